The molecule has 0 bridgehead atoms. The zero-order chi connectivity index (χ0) is 14.1. The van der Waals surface area contributed by atoms with Gasteiger partial charge in [-0.1, -0.05) is 0 Å². The number of hydrogen-bond acceptors (Lipinski definition) is 3. The van der Waals surface area contributed by atoms with E-state index >= 15 is 0 Å². The number of fused-ring (bicyclic) bond motifs is 1. The van der Waals surface area contributed by atoms with Crippen molar-refractivity contribution in [2.75, 3.05) is 5.32 Å². The Labute approximate surface area is 111 Å². The standard InChI is InChI=1S/C13H8F2N4O/c14-10-3-1-8(5-11(10)15)13(20)17-9-2-4-12-18-16-7-19(12)6-9/h1-7H,(H,17,20). The number of halogens is 2. The van der Waals surface area contributed by atoms with Gasteiger partial charge in [0.1, 0.15) is 6.33 Å². The monoisotopic (exact) mass is 274 g/mol. The molecule has 3 aromatic rings. The average Bonchev–Trinajstić information content (AvgIpc) is 2.89. The van der Waals surface area contributed by atoms with Crippen molar-refractivity contribution in [2.45, 2.75) is 0 Å². The van der Waals surface area contributed by atoms with Crippen LogP contribution in [0.3, 0.4) is 0 Å². The molecule has 3 rings (SSSR count). The molecule has 5 nitrogen and oxygen atoms in total. The number of aromatic nitrogens is 3. The third kappa shape index (κ3) is 2.20. The first-order chi connectivity index (χ1) is 9.63. The van der Waals surface area contributed by atoms with E-state index in [0.29, 0.717) is 11.3 Å². The highest BCUT2D eigenvalue weighted by Gasteiger charge is 2.10. The fourth-order valence-electron chi connectivity index (χ4n) is 1.74. The Hall–Kier alpha value is -2.83. The molecule has 100 valence electrons. The van der Waals surface area contributed by atoms with Crippen LogP contribution in [-0.2, 0) is 0 Å². The van der Waals surface area contributed by atoms with E-state index in [2.05, 4.69) is 15.5 Å². The lowest BCUT2D eigenvalue weighted by Crippen LogP contribution is -2.12. The minimum atomic E-state index is -1.06. The fourth-order valence-corrected chi connectivity index (χ4v) is 1.74. The SMILES string of the molecule is O=C(Nc1ccc2nncn2c1)c1ccc(F)c(F)c1. The van der Waals surface area contributed by atoms with Crippen LogP contribution < -0.4 is 5.32 Å². The van der Waals surface area contributed by atoms with E-state index in [1.165, 1.54) is 12.4 Å². The highest BCUT2D eigenvalue weighted by Crippen LogP contribution is 2.13. The van der Waals surface area contributed by atoms with Crippen molar-refractivity contribution < 1.29 is 13.6 Å². The first kappa shape index (κ1) is 12.2. The van der Waals surface area contributed by atoms with Gasteiger partial charge in [-0.2, -0.15) is 0 Å². The van der Waals surface area contributed by atoms with Crippen molar-refractivity contribution in [3.05, 3.63) is 60.1 Å². The van der Waals surface area contributed by atoms with Crippen molar-refractivity contribution in [1.29, 1.82) is 0 Å². The maximum atomic E-state index is 13.1. The summed E-state index contributed by atoms with van der Waals surface area (Å²) in [7, 11) is 0. The zero-order valence-electron chi connectivity index (χ0n) is 10.0. The fraction of sp³-hybridized carbons (Fsp3) is 0. The number of nitrogens with one attached hydrogen (secondary N) is 1. The van der Waals surface area contributed by atoms with Crippen LogP contribution in [0.4, 0.5) is 14.5 Å². The Morgan fingerprint density at radius 1 is 1.15 bits per heavy atom. The summed E-state index contributed by atoms with van der Waals surface area (Å²) < 4.78 is 27.5. The molecule has 0 aliphatic heterocycles. The van der Waals surface area contributed by atoms with Gasteiger partial charge in [0.2, 0.25) is 0 Å². The van der Waals surface area contributed by atoms with Crippen LogP contribution in [0.15, 0.2) is 42.9 Å². The van der Waals surface area contributed by atoms with Gasteiger partial charge in [-0.25, -0.2) is 8.78 Å². The third-order valence-corrected chi connectivity index (χ3v) is 2.73. The van der Waals surface area contributed by atoms with E-state index in [4.69, 9.17) is 0 Å². The summed E-state index contributed by atoms with van der Waals surface area (Å²) in [6, 6.07) is 6.29. The van der Waals surface area contributed by atoms with Gasteiger partial charge < -0.3 is 5.32 Å². The number of carbonyl (C=O) groups is 1. The van der Waals surface area contributed by atoms with Crippen LogP contribution >= 0.6 is 0 Å². The molecule has 0 aliphatic carbocycles. The Morgan fingerprint density at radius 2 is 2.00 bits per heavy atom. The largest absolute Gasteiger partial charge is 0.321 e. The second kappa shape index (κ2) is 4.69. The number of nitrogens with zero attached hydrogens (tertiary/aromatic N) is 3. The lowest BCUT2D eigenvalue weighted by molar-refractivity contribution is 0.102. The van der Waals surface area contributed by atoms with E-state index < -0.39 is 17.5 Å². The van der Waals surface area contributed by atoms with Gasteiger partial charge in [0, 0.05) is 11.8 Å². The molecule has 0 unspecified atom stereocenters. The topological polar surface area (TPSA) is 59.3 Å². The van der Waals surface area contributed by atoms with Crippen molar-refractivity contribution in [3.8, 4) is 0 Å². The van der Waals surface area contributed by atoms with Gasteiger partial charge in [-0.05, 0) is 30.3 Å². The van der Waals surface area contributed by atoms with Gasteiger partial charge in [0.15, 0.2) is 17.3 Å². The number of amides is 1. The molecule has 1 aromatic carbocycles. The summed E-state index contributed by atoms with van der Waals surface area (Å²) in [5.74, 6) is -2.59. The number of hydrogen-bond donors (Lipinski definition) is 1. The molecule has 0 fully saturated rings. The second-order valence-electron chi connectivity index (χ2n) is 4.10. The highest BCUT2D eigenvalue weighted by atomic mass is 19.2. The molecule has 2 heterocycles. The molecule has 20 heavy (non-hydrogen) atoms. The Balaban J connectivity index is 1.85. The van der Waals surface area contributed by atoms with Gasteiger partial charge in [-0.3, -0.25) is 9.20 Å². The number of anilines is 1. The molecule has 0 aliphatic rings. The molecular formula is C13H8F2N4O. The smallest absolute Gasteiger partial charge is 0.255 e. The third-order valence-electron chi connectivity index (χ3n) is 2.73. The van der Waals surface area contributed by atoms with E-state index in [1.54, 1.807) is 22.7 Å². The molecule has 0 atom stereocenters. The normalized spacial score (nSPS) is 10.7. The molecule has 0 saturated heterocycles. The molecule has 1 amide bonds. The van der Waals surface area contributed by atoms with E-state index in [-0.39, 0.29) is 5.56 Å². The number of benzene rings is 1. The van der Waals surface area contributed by atoms with Crippen molar-refractivity contribution in [1.82, 2.24) is 14.6 Å². The van der Waals surface area contributed by atoms with Crippen molar-refractivity contribution in [3.63, 3.8) is 0 Å². The molecule has 7 heteroatoms. The Kier molecular flexibility index (Phi) is 2.86. The van der Waals surface area contributed by atoms with Crippen LogP contribution in [-0.4, -0.2) is 20.5 Å². The van der Waals surface area contributed by atoms with Crippen LogP contribution in [0.2, 0.25) is 0 Å². The maximum absolute atomic E-state index is 13.1. The highest BCUT2D eigenvalue weighted by molar-refractivity contribution is 6.04. The van der Waals surface area contributed by atoms with Crippen LogP contribution in [0.5, 0.6) is 0 Å². The molecular weight excluding hydrogens is 266 g/mol. The predicted molar refractivity (Wildman–Crippen MR) is 67.3 cm³/mol. The van der Waals surface area contributed by atoms with Gasteiger partial charge in [0.25, 0.3) is 5.91 Å². The van der Waals surface area contributed by atoms with Gasteiger partial charge in [-0.15, -0.1) is 10.2 Å². The number of pyridine rings is 1. The quantitative estimate of drug-likeness (QED) is 0.779. The lowest BCUT2D eigenvalue weighted by Gasteiger charge is -2.06. The number of rotatable bonds is 2. The average molecular weight is 274 g/mol. The summed E-state index contributed by atoms with van der Waals surface area (Å²) in [6.07, 6.45) is 3.11. The molecule has 2 aromatic heterocycles. The van der Waals surface area contributed by atoms with E-state index in [9.17, 15) is 13.6 Å². The van der Waals surface area contributed by atoms with Crippen LogP contribution in [0.1, 0.15) is 10.4 Å². The summed E-state index contributed by atoms with van der Waals surface area (Å²) in [4.78, 5) is 11.9. The van der Waals surface area contributed by atoms with Crippen LogP contribution in [0.25, 0.3) is 5.65 Å². The maximum Gasteiger partial charge on any atom is 0.255 e. The van der Waals surface area contributed by atoms with Crippen molar-refractivity contribution >= 4 is 17.2 Å². The summed E-state index contributed by atoms with van der Waals surface area (Å²) >= 11 is 0. The van der Waals surface area contributed by atoms with Crippen molar-refractivity contribution in [2.24, 2.45) is 0 Å². The van der Waals surface area contributed by atoms with Gasteiger partial charge >= 0.3 is 0 Å². The second-order valence-corrected chi connectivity index (χ2v) is 4.10. The summed E-state index contributed by atoms with van der Waals surface area (Å²) in [6.45, 7) is 0. The first-order valence-corrected chi connectivity index (χ1v) is 5.69. The van der Waals surface area contributed by atoms with E-state index in [0.717, 1.165) is 12.1 Å². The summed E-state index contributed by atoms with van der Waals surface area (Å²) in [5.41, 5.74) is 1.16. The molecule has 0 radical (unpaired) electrons. The molecule has 0 saturated carbocycles. The van der Waals surface area contributed by atoms with Gasteiger partial charge in [0.05, 0.1) is 5.69 Å². The predicted octanol–water partition coefficient (Wildman–Crippen LogP) is 2.26. The Bertz CT molecular complexity index is 800. The minimum absolute atomic E-state index is 0.0350. The molecule has 0 spiro atoms. The van der Waals surface area contributed by atoms with E-state index in [1.807, 2.05) is 0 Å². The zero-order valence-corrected chi connectivity index (χ0v) is 10.0. The molecule has 1 N–H and O–H groups in total. The van der Waals surface area contributed by atoms with Crippen LogP contribution in [0, 0.1) is 11.6 Å². The lowest BCUT2D eigenvalue weighted by atomic mass is 10.2. The minimum Gasteiger partial charge on any atom is -0.321 e. The number of carbonyl (C=O) groups excluding carboxylic acids is 1. The first-order valence-electron chi connectivity index (χ1n) is 5.69. The Morgan fingerprint density at radius 3 is 2.80 bits per heavy atom. The summed E-state index contributed by atoms with van der Waals surface area (Å²) in [5, 5.41) is 10.1.